The summed E-state index contributed by atoms with van der Waals surface area (Å²) in [6.45, 7) is 0. The van der Waals surface area contributed by atoms with Crippen LogP contribution in [0.3, 0.4) is 0 Å². The maximum absolute atomic E-state index is 13.0. The van der Waals surface area contributed by atoms with E-state index in [-0.39, 0.29) is 48.9 Å². The molecule has 0 N–H and O–H groups in total. The van der Waals surface area contributed by atoms with Gasteiger partial charge in [0, 0.05) is 0 Å². The summed E-state index contributed by atoms with van der Waals surface area (Å²) in [6, 6.07) is 0. The van der Waals surface area contributed by atoms with Gasteiger partial charge in [-0.15, -0.1) is 0 Å². The fourth-order valence-electron chi connectivity index (χ4n) is 1.29. The molecule has 0 aromatic heterocycles. The summed E-state index contributed by atoms with van der Waals surface area (Å²) in [6.07, 6.45) is -7.84. The molecule has 0 bridgehead atoms. The zero-order valence-corrected chi connectivity index (χ0v) is 16.9. The van der Waals surface area contributed by atoms with Crippen LogP contribution in [0.5, 0.6) is 0 Å². The van der Waals surface area contributed by atoms with Crippen molar-refractivity contribution in [3.63, 3.8) is 0 Å². The predicted octanol–water partition coefficient (Wildman–Crippen LogP) is 3.36. The zero-order valence-electron chi connectivity index (χ0n) is 12.4. The molecule has 0 aliphatic rings. The topological polar surface area (TPSA) is 40.1 Å². The maximum atomic E-state index is 13.0. The summed E-state index contributed by atoms with van der Waals surface area (Å²) >= 11 is 0. The summed E-state index contributed by atoms with van der Waals surface area (Å²) < 4.78 is 214. The number of rotatable bonds is 7. The van der Waals surface area contributed by atoms with Crippen molar-refractivity contribution in [2.75, 3.05) is 0 Å². The van der Waals surface area contributed by atoms with Gasteiger partial charge in [-0.2, -0.15) is 74.6 Å². The van der Waals surface area contributed by atoms with Crippen molar-refractivity contribution in [3.05, 3.63) is 0 Å². The van der Waals surface area contributed by atoms with E-state index >= 15 is 0 Å². The number of aliphatic carboxylic acids is 1. The first-order chi connectivity index (χ1) is 11.7. The van der Waals surface area contributed by atoms with Gasteiger partial charge in [-0.1, -0.05) is 0 Å². The van der Waals surface area contributed by atoms with E-state index in [0.29, 0.717) is 0 Å². The number of hydrogen-bond donors (Lipinski definition) is 0. The Labute approximate surface area is 186 Å². The molecule has 0 radical (unpaired) electrons. The molecule has 0 saturated heterocycles. The second-order valence-corrected chi connectivity index (χ2v) is 4.81. The minimum absolute atomic E-state index is 0. The first kappa shape index (κ1) is 31.0. The van der Waals surface area contributed by atoms with Crippen LogP contribution in [0.15, 0.2) is 0 Å². The minimum Gasteiger partial charge on any atom is -0.544 e. The van der Waals surface area contributed by atoms with Gasteiger partial charge in [0.05, 0.1) is 0 Å². The summed E-state index contributed by atoms with van der Waals surface area (Å²) in [5.74, 6) is -63.5. The van der Waals surface area contributed by atoms with E-state index in [2.05, 4.69) is 0 Å². The molecule has 0 aromatic rings. The molecule has 0 unspecified atom stereocenters. The number of carbonyl (C=O) groups excluding carboxylic acids is 1. The number of alkyl halides is 17. The fourth-order valence-corrected chi connectivity index (χ4v) is 1.29. The molecule has 0 rings (SSSR count). The molecule has 2 nitrogen and oxygen atoms in total. The van der Waals surface area contributed by atoms with Crippen molar-refractivity contribution < 1.29 is 84.5 Å². The van der Waals surface area contributed by atoms with Crippen molar-refractivity contribution >= 4 is 54.9 Å². The van der Waals surface area contributed by atoms with E-state index in [1.807, 2.05) is 0 Å². The van der Waals surface area contributed by atoms with Gasteiger partial charge in [0.2, 0.25) is 0 Å². The van der Waals surface area contributed by atoms with Crippen LogP contribution in [0, 0.1) is 0 Å². The third-order valence-electron chi connectivity index (χ3n) is 2.98. The molecule has 0 saturated carbocycles. The van der Waals surface area contributed by atoms with Crippen molar-refractivity contribution in [3.8, 4) is 0 Å². The van der Waals surface area contributed by atoms with E-state index in [1.165, 1.54) is 0 Å². The van der Waals surface area contributed by atoms with Crippen molar-refractivity contribution in [1.29, 1.82) is 0 Å². The summed E-state index contributed by atoms with van der Waals surface area (Å²) in [7, 11) is 0. The molecular formula is C9BaF17O2+. The molecule has 0 heterocycles. The normalized spacial score (nSPS) is 15.8. The van der Waals surface area contributed by atoms with E-state index in [0.717, 1.165) is 0 Å². The summed E-state index contributed by atoms with van der Waals surface area (Å²) in [4.78, 5) is 9.65. The van der Waals surface area contributed by atoms with Crippen LogP contribution in [0.1, 0.15) is 0 Å². The Morgan fingerprint density at radius 3 is 0.862 bits per heavy atom. The van der Waals surface area contributed by atoms with Crippen molar-refractivity contribution in [1.82, 2.24) is 0 Å². The molecule has 0 aromatic carbocycles. The minimum atomic E-state index is -8.79. The SMILES string of the molecule is O=C([O-])C(F)(F)C(F)(F)C(F)(F)C(F)(F)C(F)(F)C(F)(F)C(F)(F)C(F)(F)F.[Ba+2]. The molecule has 29 heavy (non-hydrogen) atoms. The quantitative estimate of drug-likeness (QED) is 0.333. The van der Waals surface area contributed by atoms with Crippen LogP contribution < -0.4 is 5.11 Å². The molecule has 0 atom stereocenters. The predicted molar refractivity (Wildman–Crippen MR) is 51.4 cm³/mol. The molecule has 168 valence electrons. The van der Waals surface area contributed by atoms with E-state index < -0.39 is 53.6 Å². The third-order valence-corrected chi connectivity index (χ3v) is 2.98. The van der Waals surface area contributed by atoms with Crippen LogP contribution in [-0.4, -0.2) is 102 Å². The Hall–Kier alpha value is -0.149. The Morgan fingerprint density at radius 1 is 0.448 bits per heavy atom. The van der Waals surface area contributed by atoms with Gasteiger partial charge in [0.1, 0.15) is 5.97 Å². The average molecular weight is 600 g/mol. The second kappa shape index (κ2) is 7.77. The monoisotopic (exact) mass is 601 g/mol. The average Bonchev–Trinajstić information content (AvgIpc) is 2.44. The second-order valence-electron chi connectivity index (χ2n) is 4.81. The molecule has 0 amide bonds. The smallest absolute Gasteiger partial charge is 0.544 e. The first-order valence-corrected chi connectivity index (χ1v) is 5.62. The Kier molecular flexibility index (Phi) is 8.31. The van der Waals surface area contributed by atoms with Crippen LogP contribution in [0.2, 0.25) is 0 Å². The van der Waals surface area contributed by atoms with Crippen molar-refractivity contribution in [2.24, 2.45) is 0 Å². The molecule has 20 heteroatoms. The number of carbonyl (C=O) groups is 1. The van der Waals surface area contributed by atoms with Gasteiger partial charge in [0.15, 0.2) is 0 Å². The van der Waals surface area contributed by atoms with E-state index in [4.69, 9.17) is 0 Å². The van der Waals surface area contributed by atoms with Gasteiger partial charge in [-0.3, -0.25) is 0 Å². The van der Waals surface area contributed by atoms with Crippen LogP contribution in [0.25, 0.3) is 0 Å². The van der Waals surface area contributed by atoms with Gasteiger partial charge in [-0.25, -0.2) is 0 Å². The van der Waals surface area contributed by atoms with E-state index in [1.54, 1.807) is 0 Å². The van der Waals surface area contributed by atoms with Crippen molar-refractivity contribution in [2.45, 2.75) is 47.6 Å². The Bertz CT molecular complexity index is 621. The van der Waals surface area contributed by atoms with Crippen LogP contribution in [-0.2, 0) is 4.79 Å². The molecule has 0 aliphatic carbocycles. The van der Waals surface area contributed by atoms with Gasteiger partial charge < -0.3 is 9.90 Å². The maximum Gasteiger partial charge on any atom is 2.00 e. The Morgan fingerprint density at radius 2 is 0.655 bits per heavy atom. The van der Waals surface area contributed by atoms with Gasteiger partial charge in [0.25, 0.3) is 0 Å². The number of hydrogen-bond acceptors (Lipinski definition) is 2. The Balaban J connectivity index is 0. The summed E-state index contributed by atoms with van der Waals surface area (Å²) in [5, 5.41) is 9.65. The van der Waals surface area contributed by atoms with Crippen LogP contribution in [0.4, 0.5) is 74.6 Å². The van der Waals surface area contributed by atoms with E-state index in [9.17, 15) is 84.5 Å². The van der Waals surface area contributed by atoms with Gasteiger partial charge in [-0.05, 0) is 0 Å². The first-order valence-electron chi connectivity index (χ1n) is 5.62. The molecule has 0 spiro atoms. The van der Waals surface area contributed by atoms with Gasteiger partial charge >= 0.3 is 96.5 Å². The number of halogens is 17. The summed E-state index contributed by atoms with van der Waals surface area (Å²) in [5.41, 5.74) is 0. The molecule has 0 fully saturated rings. The number of carboxylic acids is 1. The molecular weight excluding hydrogens is 600 g/mol. The fraction of sp³-hybridized carbons (Fsp3) is 0.889. The standard InChI is InChI=1S/C9HF17O2.Ba/c10-2(11,1(27)28)3(12,13)4(14,15)5(16,17)6(18,19)7(20,21)8(22,23)9(24,25)26;/h(H,27,28);/q;+2/p-1. The largest absolute Gasteiger partial charge is 2.00 e. The molecule has 0 aliphatic heterocycles. The zero-order chi connectivity index (χ0) is 23.6. The third kappa shape index (κ3) is 3.93. The van der Waals surface area contributed by atoms with Crippen LogP contribution >= 0.6 is 0 Å². The number of carboxylic acid groups (broad SMARTS) is 1.